The Bertz CT molecular complexity index is 773. The summed E-state index contributed by atoms with van der Waals surface area (Å²) in [5.41, 5.74) is 2.42. The maximum Gasteiger partial charge on any atom is 0.254 e. The Kier molecular flexibility index (Phi) is 6.44. The maximum absolute atomic E-state index is 12.6. The van der Waals surface area contributed by atoms with Gasteiger partial charge in [0.05, 0.1) is 25.8 Å². The summed E-state index contributed by atoms with van der Waals surface area (Å²) in [5, 5.41) is 6.06. The van der Waals surface area contributed by atoms with E-state index in [0.29, 0.717) is 31.9 Å². The Balaban J connectivity index is 1.53. The van der Waals surface area contributed by atoms with E-state index in [9.17, 15) is 9.59 Å². The quantitative estimate of drug-likeness (QED) is 0.823. The number of amides is 2. The molecule has 2 N–H and O–H groups in total. The van der Waals surface area contributed by atoms with Crippen molar-refractivity contribution in [2.24, 2.45) is 0 Å². The van der Waals surface area contributed by atoms with Gasteiger partial charge in [0, 0.05) is 24.3 Å². The molecule has 27 heavy (non-hydrogen) atoms. The Hall–Kier alpha value is -2.86. The summed E-state index contributed by atoms with van der Waals surface area (Å²) < 4.78 is 5.29. The first-order chi connectivity index (χ1) is 13.1. The molecule has 0 aliphatic carbocycles. The molecule has 1 heterocycles. The van der Waals surface area contributed by atoms with Crippen LogP contribution in [-0.4, -0.2) is 49.6 Å². The summed E-state index contributed by atoms with van der Waals surface area (Å²) in [7, 11) is 0. The van der Waals surface area contributed by atoms with E-state index in [2.05, 4.69) is 10.6 Å². The highest BCUT2D eigenvalue weighted by atomic mass is 16.5. The Morgan fingerprint density at radius 3 is 2.56 bits per heavy atom. The first-order valence-electron chi connectivity index (χ1n) is 9.19. The van der Waals surface area contributed by atoms with Gasteiger partial charge in [0.2, 0.25) is 5.91 Å². The lowest BCUT2D eigenvalue weighted by Gasteiger charge is -2.27. The average Bonchev–Trinajstić information content (AvgIpc) is 2.73. The van der Waals surface area contributed by atoms with Gasteiger partial charge in [-0.25, -0.2) is 0 Å². The molecule has 6 heteroatoms. The molecule has 2 amide bonds. The largest absolute Gasteiger partial charge is 0.378 e. The number of hydrogen-bond donors (Lipinski definition) is 2. The number of hydrogen-bond acceptors (Lipinski definition) is 4. The van der Waals surface area contributed by atoms with E-state index < -0.39 is 0 Å². The van der Waals surface area contributed by atoms with Gasteiger partial charge in [0.1, 0.15) is 0 Å². The number of carbonyl (C=O) groups is 2. The van der Waals surface area contributed by atoms with Gasteiger partial charge in [-0.15, -0.1) is 0 Å². The van der Waals surface area contributed by atoms with Gasteiger partial charge >= 0.3 is 0 Å². The van der Waals surface area contributed by atoms with Gasteiger partial charge in [-0.1, -0.05) is 36.4 Å². The highest BCUT2D eigenvalue weighted by molar-refractivity contribution is 5.95. The second-order valence-corrected chi connectivity index (χ2v) is 6.54. The number of rotatable bonds is 6. The topological polar surface area (TPSA) is 70.7 Å². The Morgan fingerprint density at radius 2 is 1.81 bits per heavy atom. The molecule has 0 radical (unpaired) electrons. The van der Waals surface area contributed by atoms with Crippen LogP contribution in [0.5, 0.6) is 0 Å². The molecule has 0 saturated carbocycles. The van der Waals surface area contributed by atoms with Crippen LogP contribution >= 0.6 is 0 Å². The minimum atomic E-state index is -0.101. The molecule has 142 valence electrons. The molecule has 1 aliphatic heterocycles. The SMILES string of the molecule is CC(NC(=O)CNc1cccc(C(=O)N2CCOCC2)c1)c1ccccc1. The molecule has 3 rings (SSSR count). The fourth-order valence-corrected chi connectivity index (χ4v) is 3.01. The fraction of sp³-hybridized carbons (Fsp3) is 0.333. The van der Waals surface area contributed by atoms with Crippen molar-refractivity contribution < 1.29 is 14.3 Å². The molecule has 2 aromatic rings. The summed E-state index contributed by atoms with van der Waals surface area (Å²) in [5.74, 6) is -0.111. The summed E-state index contributed by atoms with van der Waals surface area (Å²) in [6.07, 6.45) is 0. The van der Waals surface area contributed by atoms with Crippen LogP contribution in [0.3, 0.4) is 0 Å². The molecule has 1 atom stereocenters. The Morgan fingerprint density at radius 1 is 1.07 bits per heavy atom. The summed E-state index contributed by atoms with van der Waals surface area (Å²) in [6, 6.07) is 17.0. The number of nitrogens with zero attached hydrogens (tertiary/aromatic N) is 1. The van der Waals surface area contributed by atoms with Gasteiger partial charge in [0.25, 0.3) is 5.91 Å². The normalized spacial score (nSPS) is 15.1. The van der Waals surface area contributed by atoms with Gasteiger partial charge in [-0.2, -0.15) is 0 Å². The fourth-order valence-electron chi connectivity index (χ4n) is 3.01. The molecule has 2 aromatic carbocycles. The molecule has 1 aliphatic rings. The average molecular weight is 367 g/mol. The van der Waals surface area contributed by atoms with Crippen LogP contribution in [0.15, 0.2) is 54.6 Å². The van der Waals surface area contributed by atoms with Crippen molar-refractivity contribution >= 4 is 17.5 Å². The lowest BCUT2D eigenvalue weighted by atomic mass is 10.1. The Labute approximate surface area is 159 Å². The molecule has 1 fully saturated rings. The van der Waals surface area contributed by atoms with Crippen molar-refractivity contribution in [3.05, 3.63) is 65.7 Å². The van der Waals surface area contributed by atoms with Crippen LogP contribution < -0.4 is 10.6 Å². The molecule has 0 spiro atoms. The minimum Gasteiger partial charge on any atom is -0.378 e. The third-order valence-electron chi connectivity index (χ3n) is 4.54. The number of nitrogens with one attached hydrogen (secondary N) is 2. The van der Waals surface area contributed by atoms with Crippen molar-refractivity contribution in [1.82, 2.24) is 10.2 Å². The van der Waals surface area contributed by atoms with Crippen LogP contribution in [-0.2, 0) is 9.53 Å². The zero-order valence-electron chi connectivity index (χ0n) is 15.5. The molecule has 0 aromatic heterocycles. The highest BCUT2D eigenvalue weighted by Gasteiger charge is 2.18. The van der Waals surface area contributed by atoms with Gasteiger partial charge in [0.15, 0.2) is 0 Å². The van der Waals surface area contributed by atoms with E-state index in [0.717, 1.165) is 11.3 Å². The minimum absolute atomic E-state index is 0.0101. The van der Waals surface area contributed by atoms with Crippen LogP contribution in [0.25, 0.3) is 0 Å². The van der Waals surface area contributed by atoms with E-state index in [-0.39, 0.29) is 24.4 Å². The number of anilines is 1. The third kappa shape index (κ3) is 5.31. The van der Waals surface area contributed by atoms with Crippen LogP contribution in [0.4, 0.5) is 5.69 Å². The standard InChI is InChI=1S/C21H25N3O3/c1-16(17-6-3-2-4-7-17)23-20(25)15-22-19-9-5-8-18(14-19)21(26)24-10-12-27-13-11-24/h2-9,14,16,22H,10-13,15H2,1H3,(H,23,25). The molecule has 1 saturated heterocycles. The van der Waals surface area contributed by atoms with Crippen molar-refractivity contribution in [2.45, 2.75) is 13.0 Å². The summed E-state index contributed by atoms with van der Waals surface area (Å²) in [4.78, 5) is 26.5. The highest BCUT2D eigenvalue weighted by Crippen LogP contribution is 2.14. The van der Waals surface area contributed by atoms with Crippen molar-refractivity contribution in [3.63, 3.8) is 0 Å². The van der Waals surface area contributed by atoms with Gasteiger partial charge in [-0.05, 0) is 30.7 Å². The van der Waals surface area contributed by atoms with Gasteiger partial charge < -0.3 is 20.3 Å². The van der Waals surface area contributed by atoms with Crippen molar-refractivity contribution in [3.8, 4) is 0 Å². The number of benzene rings is 2. The molecular formula is C21H25N3O3. The first-order valence-corrected chi connectivity index (χ1v) is 9.19. The van der Waals surface area contributed by atoms with E-state index >= 15 is 0 Å². The molecule has 1 unspecified atom stereocenters. The predicted octanol–water partition coefficient (Wildman–Crippen LogP) is 2.45. The number of morpholine rings is 1. The van der Waals surface area contributed by atoms with Crippen LogP contribution in [0, 0.1) is 0 Å². The van der Waals surface area contributed by atoms with Crippen LogP contribution in [0.1, 0.15) is 28.9 Å². The third-order valence-corrected chi connectivity index (χ3v) is 4.54. The van der Waals surface area contributed by atoms with Crippen LogP contribution in [0.2, 0.25) is 0 Å². The zero-order valence-corrected chi connectivity index (χ0v) is 15.5. The molecular weight excluding hydrogens is 342 g/mol. The van der Waals surface area contributed by atoms with E-state index in [1.165, 1.54) is 0 Å². The lowest BCUT2D eigenvalue weighted by Crippen LogP contribution is -2.40. The molecule has 6 nitrogen and oxygen atoms in total. The lowest BCUT2D eigenvalue weighted by molar-refractivity contribution is -0.120. The van der Waals surface area contributed by atoms with E-state index in [1.54, 1.807) is 17.0 Å². The van der Waals surface area contributed by atoms with E-state index in [1.807, 2.05) is 49.4 Å². The number of ether oxygens (including phenoxy) is 1. The summed E-state index contributed by atoms with van der Waals surface area (Å²) in [6.45, 7) is 4.46. The molecule has 0 bridgehead atoms. The second kappa shape index (κ2) is 9.19. The number of carbonyl (C=O) groups excluding carboxylic acids is 2. The van der Waals surface area contributed by atoms with Crippen molar-refractivity contribution in [1.29, 1.82) is 0 Å². The zero-order chi connectivity index (χ0) is 19.1. The predicted molar refractivity (Wildman–Crippen MR) is 105 cm³/mol. The monoisotopic (exact) mass is 367 g/mol. The second-order valence-electron chi connectivity index (χ2n) is 6.54. The smallest absolute Gasteiger partial charge is 0.254 e. The maximum atomic E-state index is 12.6. The first kappa shape index (κ1) is 18.9. The summed E-state index contributed by atoms with van der Waals surface area (Å²) >= 11 is 0. The van der Waals surface area contributed by atoms with Crippen molar-refractivity contribution in [2.75, 3.05) is 38.2 Å². The van der Waals surface area contributed by atoms with E-state index in [4.69, 9.17) is 4.74 Å². The van der Waals surface area contributed by atoms with Gasteiger partial charge in [-0.3, -0.25) is 9.59 Å².